The van der Waals surface area contributed by atoms with Gasteiger partial charge in [0.25, 0.3) is 0 Å². The third kappa shape index (κ3) is 11.0. The van der Waals surface area contributed by atoms with Crippen LogP contribution in [0.15, 0.2) is 24.3 Å². The molecule has 2 nitrogen and oxygen atoms in total. The number of unbranched alkanes of at least 4 members (excludes halogenated alkanes) is 3. The first-order valence-corrected chi connectivity index (χ1v) is 5.29. The van der Waals surface area contributed by atoms with Crippen LogP contribution < -0.4 is 0 Å². The summed E-state index contributed by atoms with van der Waals surface area (Å²) in [5.74, 6) is -0.770. The summed E-state index contributed by atoms with van der Waals surface area (Å²) >= 11 is 0. The fraction of sp³-hybridized carbons (Fsp3) is 0.583. The van der Waals surface area contributed by atoms with Gasteiger partial charge in [-0.15, -0.1) is 0 Å². The van der Waals surface area contributed by atoms with Crippen LogP contribution in [0, 0.1) is 0 Å². The summed E-state index contributed by atoms with van der Waals surface area (Å²) in [6, 6.07) is 0. The number of carbonyl (C=O) groups is 1. The summed E-state index contributed by atoms with van der Waals surface area (Å²) < 4.78 is 0. The maximum Gasteiger partial charge on any atom is 0.307 e. The molecule has 14 heavy (non-hydrogen) atoms. The number of hydrogen-bond acceptors (Lipinski definition) is 1. The van der Waals surface area contributed by atoms with Gasteiger partial charge in [-0.05, 0) is 19.3 Å². The second-order valence-corrected chi connectivity index (χ2v) is 3.27. The van der Waals surface area contributed by atoms with E-state index >= 15 is 0 Å². The van der Waals surface area contributed by atoms with E-state index in [9.17, 15) is 4.79 Å². The van der Waals surface area contributed by atoms with E-state index in [1.54, 1.807) is 6.08 Å². The molecule has 0 amide bonds. The van der Waals surface area contributed by atoms with Gasteiger partial charge in [0.1, 0.15) is 0 Å². The van der Waals surface area contributed by atoms with Crippen LogP contribution in [0.2, 0.25) is 0 Å². The lowest BCUT2D eigenvalue weighted by Gasteiger charge is -1.90. The zero-order valence-corrected chi connectivity index (χ0v) is 8.91. The smallest absolute Gasteiger partial charge is 0.307 e. The van der Waals surface area contributed by atoms with Crippen molar-refractivity contribution in [2.24, 2.45) is 0 Å². The number of aliphatic carboxylic acids is 1. The van der Waals surface area contributed by atoms with Crippen molar-refractivity contribution >= 4 is 5.97 Å². The molecule has 0 radical (unpaired) electrons. The third-order valence-corrected chi connectivity index (χ3v) is 1.87. The van der Waals surface area contributed by atoms with Crippen molar-refractivity contribution in [3.8, 4) is 0 Å². The number of allylic oxidation sites excluding steroid dienone is 3. The summed E-state index contributed by atoms with van der Waals surface area (Å²) in [6.07, 6.45) is 13.8. The quantitative estimate of drug-likeness (QED) is 0.476. The first-order chi connectivity index (χ1) is 6.77. The predicted octanol–water partition coefficient (Wildman–Crippen LogP) is 3.54. The van der Waals surface area contributed by atoms with Gasteiger partial charge in [0.2, 0.25) is 0 Å². The van der Waals surface area contributed by atoms with Crippen LogP contribution in [-0.4, -0.2) is 11.1 Å². The summed E-state index contributed by atoms with van der Waals surface area (Å²) in [5, 5.41) is 8.34. The molecule has 0 saturated heterocycles. The molecule has 80 valence electrons. The number of carboxylic acids is 1. The molecule has 0 aromatic carbocycles. The Morgan fingerprint density at radius 2 is 1.86 bits per heavy atom. The van der Waals surface area contributed by atoms with E-state index in [0.29, 0.717) is 0 Å². The van der Waals surface area contributed by atoms with Crippen molar-refractivity contribution in [3.05, 3.63) is 24.3 Å². The molecular weight excluding hydrogens is 176 g/mol. The highest BCUT2D eigenvalue weighted by atomic mass is 16.4. The molecule has 1 N–H and O–H groups in total. The van der Waals surface area contributed by atoms with Crippen molar-refractivity contribution in [2.75, 3.05) is 0 Å². The number of carboxylic acid groups (broad SMARTS) is 1. The molecule has 0 aliphatic rings. The fourth-order valence-electron chi connectivity index (χ4n) is 1.09. The van der Waals surface area contributed by atoms with Gasteiger partial charge < -0.3 is 5.11 Å². The first kappa shape index (κ1) is 12.9. The molecule has 0 heterocycles. The van der Waals surface area contributed by atoms with Gasteiger partial charge in [0.05, 0.1) is 6.42 Å². The minimum atomic E-state index is -0.770. The van der Waals surface area contributed by atoms with Gasteiger partial charge >= 0.3 is 5.97 Å². The fourth-order valence-corrected chi connectivity index (χ4v) is 1.09. The second kappa shape index (κ2) is 10.0. The second-order valence-electron chi connectivity index (χ2n) is 3.27. The van der Waals surface area contributed by atoms with Gasteiger partial charge in [0.15, 0.2) is 0 Å². The van der Waals surface area contributed by atoms with Crippen LogP contribution in [-0.2, 0) is 4.79 Å². The summed E-state index contributed by atoms with van der Waals surface area (Å²) in [6.45, 7) is 2.19. The Balaban J connectivity index is 3.25. The highest BCUT2D eigenvalue weighted by Crippen LogP contribution is 2.00. The molecule has 0 aliphatic heterocycles. The Hall–Kier alpha value is -1.05. The van der Waals surface area contributed by atoms with Gasteiger partial charge in [-0.1, -0.05) is 44.1 Å². The molecule has 0 bridgehead atoms. The van der Waals surface area contributed by atoms with Crippen LogP contribution in [0.5, 0.6) is 0 Å². The predicted molar refractivity (Wildman–Crippen MR) is 59.3 cm³/mol. The molecule has 0 aromatic heterocycles. The Labute approximate surface area is 86.3 Å². The lowest BCUT2D eigenvalue weighted by atomic mass is 10.2. The van der Waals surface area contributed by atoms with Crippen molar-refractivity contribution < 1.29 is 9.90 Å². The molecule has 0 saturated carbocycles. The van der Waals surface area contributed by atoms with Crippen LogP contribution in [0.3, 0.4) is 0 Å². The zero-order valence-electron chi connectivity index (χ0n) is 8.91. The van der Waals surface area contributed by atoms with E-state index in [-0.39, 0.29) is 6.42 Å². The lowest BCUT2D eigenvalue weighted by molar-refractivity contribution is -0.136. The maximum absolute atomic E-state index is 10.1. The van der Waals surface area contributed by atoms with Gasteiger partial charge in [-0.3, -0.25) is 4.79 Å². The van der Waals surface area contributed by atoms with Gasteiger partial charge in [-0.2, -0.15) is 0 Å². The largest absolute Gasteiger partial charge is 0.481 e. The molecule has 0 fully saturated rings. The first-order valence-electron chi connectivity index (χ1n) is 5.29. The third-order valence-electron chi connectivity index (χ3n) is 1.87. The Bertz CT molecular complexity index is 192. The van der Waals surface area contributed by atoms with Crippen LogP contribution in [0.1, 0.15) is 45.4 Å². The van der Waals surface area contributed by atoms with Crippen LogP contribution in [0.25, 0.3) is 0 Å². The number of rotatable bonds is 8. The lowest BCUT2D eigenvalue weighted by Crippen LogP contribution is -1.89. The van der Waals surface area contributed by atoms with E-state index in [4.69, 9.17) is 5.11 Å². The van der Waals surface area contributed by atoms with Gasteiger partial charge in [-0.25, -0.2) is 0 Å². The standard InChI is InChI=1S/C12H20O2/c1-2-3-4-5-6-7-8-9-10-11-12(13)14/h6-7,9-10H,2-5,8,11H2,1H3,(H,13,14)/b7-6+,10-9+. The molecule has 2 heteroatoms. The Morgan fingerprint density at radius 1 is 1.14 bits per heavy atom. The summed E-state index contributed by atoms with van der Waals surface area (Å²) in [5.41, 5.74) is 0. The van der Waals surface area contributed by atoms with Crippen molar-refractivity contribution in [2.45, 2.75) is 45.4 Å². The Kier molecular flexibility index (Phi) is 9.28. The number of hydrogen-bond donors (Lipinski definition) is 1. The molecule has 0 unspecified atom stereocenters. The normalized spacial score (nSPS) is 11.5. The van der Waals surface area contributed by atoms with Crippen molar-refractivity contribution in [1.82, 2.24) is 0 Å². The molecule has 0 atom stereocenters. The highest BCUT2D eigenvalue weighted by Gasteiger charge is 1.87. The van der Waals surface area contributed by atoms with E-state index in [1.807, 2.05) is 6.08 Å². The molecule has 0 rings (SSSR count). The average molecular weight is 196 g/mol. The van der Waals surface area contributed by atoms with Crippen molar-refractivity contribution in [1.29, 1.82) is 0 Å². The summed E-state index contributed by atoms with van der Waals surface area (Å²) in [7, 11) is 0. The molecule has 0 aliphatic carbocycles. The molecule has 0 aromatic rings. The van der Waals surface area contributed by atoms with Crippen LogP contribution >= 0.6 is 0 Å². The maximum atomic E-state index is 10.1. The minimum absolute atomic E-state index is 0.129. The zero-order chi connectivity index (χ0) is 10.6. The van der Waals surface area contributed by atoms with Crippen molar-refractivity contribution in [3.63, 3.8) is 0 Å². The Morgan fingerprint density at radius 3 is 2.50 bits per heavy atom. The van der Waals surface area contributed by atoms with E-state index in [2.05, 4.69) is 19.1 Å². The van der Waals surface area contributed by atoms with Gasteiger partial charge in [0, 0.05) is 0 Å². The monoisotopic (exact) mass is 196 g/mol. The molecule has 0 spiro atoms. The highest BCUT2D eigenvalue weighted by molar-refractivity contribution is 5.68. The SMILES string of the molecule is CCCCC/C=C/C/C=C/CC(=O)O. The van der Waals surface area contributed by atoms with E-state index in [1.165, 1.54) is 19.3 Å². The van der Waals surface area contributed by atoms with Crippen LogP contribution in [0.4, 0.5) is 0 Å². The average Bonchev–Trinajstić information content (AvgIpc) is 2.15. The topological polar surface area (TPSA) is 37.3 Å². The van der Waals surface area contributed by atoms with E-state index < -0.39 is 5.97 Å². The summed E-state index contributed by atoms with van der Waals surface area (Å²) in [4.78, 5) is 10.1. The molecular formula is C12H20O2. The minimum Gasteiger partial charge on any atom is -0.481 e. The van der Waals surface area contributed by atoms with E-state index in [0.717, 1.165) is 12.8 Å².